The lowest BCUT2D eigenvalue weighted by Gasteiger charge is -2.16. The largest absolute Gasteiger partial charge is 0.479 e. The van der Waals surface area contributed by atoms with Crippen LogP contribution in [0.25, 0.3) is 0 Å². The van der Waals surface area contributed by atoms with Crippen LogP contribution in [-0.2, 0) is 14.3 Å². The van der Waals surface area contributed by atoms with Gasteiger partial charge in [0.25, 0.3) is 5.91 Å². The van der Waals surface area contributed by atoms with Crippen molar-refractivity contribution < 1.29 is 19.1 Å². The molecule has 2 rings (SSSR count). The number of nitrogens with one attached hydrogen (secondary N) is 2. The second-order valence-corrected chi connectivity index (χ2v) is 6.15. The highest BCUT2D eigenvalue weighted by atomic mass is 35.5. The third kappa shape index (κ3) is 5.75. The van der Waals surface area contributed by atoms with E-state index in [1.165, 1.54) is 7.11 Å². The van der Waals surface area contributed by atoms with Gasteiger partial charge in [-0.05, 0) is 49.7 Å². The van der Waals surface area contributed by atoms with Crippen molar-refractivity contribution in [2.24, 2.45) is 0 Å². The number of carbonyl (C=O) groups is 2. The Labute approximate surface area is 157 Å². The SMILES string of the molecule is COCC(=O)Nc1cccc(NC(=O)C(C)Oc2cc(C)ccc2Cl)c1. The van der Waals surface area contributed by atoms with E-state index in [1.54, 1.807) is 43.3 Å². The second-order valence-electron chi connectivity index (χ2n) is 5.75. The highest BCUT2D eigenvalue weighted by Gasteiger charge is 2.16. The lowest BCUT2D eigenvalue weighted by Crippen LogP contribution is -2.30. The maximum absolute atomic E-state index is 12.4. The van der Waals surface area contributed by atoms with E-state index in [1.807, 2.05) is 13.0 Å². The Morgan fingerprint density at radius 3 is 2.50 bits per heavy atom. The van der Waals surface area contributed by atoms with Gasteiger partial charge in [-0.15, -0.1) is 0 Å². The molecule has 2 aromatic carbocycles. The van der Waals surface area contributed by atoms with E-state index in [9.17, 15) is 9.59 Å². The first-order chi connectivity index (χ1) is 12.4. The quantitative estimate of drug-likeness (QED) is 0.773. The molecular weight excluding hydrogens is 356 g/mol. The molecule has 26 heavy (non-hydrogen) atoms. The minimum atomic E-state index is -0.749. The smallest absolute Gasteiger partial charge is 0.265 e. The zero-order valence-corrected chi connectivity index (χ0v) is 15.6. The molecule has 138 valence electrons. The van der Waals surface area contributed by atoms with Crippen LogP contribution in [-0.4, -0.2) is 31.6 Å². The molecule has 1 atom stereocenters. The summed E-state index contributed by atoms with van der Waals surface area (Å²) in [6.45, 7) is 3.51. The molecule has 0 aliphatic rings. The number of carbonyl (C=O) groups excluding carboxylic acids is 2. The molecule has 2 aromatic rings. The predicted octanol–water partition coefficient (Wildman–Crippen LogP) is 3.64. The lowest BCUT2D eigenvalue weighted by molar-refractivity contribution is -0.122. The number of hydrogen-bond acceptors (Lipinski definition) is 4. The highest BCUT2D eigenvalue weighted by molar-refractivity contribution is 6.32. The molecule has 0 heterocycles. The molecule has 0 aliphatic heterocycles. The Kier molecular flexibility index (Phi) is 7.00. The van der Waals surface area contributed by atoms with Crippen molar-refractivity contribution in [3.8, 4) is 5.75 Å². The van der Waals surface area contributed by atoms with Crippen LogP contribution in [0.2, 0.25) is 5.02 Å². The molecule has 0 aliphatic carbocycles. The number of amides is 2. The van der Waals surface area contributed by atoms with Gasteiger partial charge in [0.05, 0.1) is 5.02 Å². The van der Waals surface area contributed by atoms with Gasteiger partial charge < -0.3 is 20.1 Å². The fraction of sp³-hybridized carbons (Fsp3) is 0.263. The molecule has 0 saturated heterocycles. The van der Waals surface area contributed by atoms with E-state index in [-0.39, 0.29) is 18.4 Å². The van der Waals surface area contributed by atoms with Crippen LogP contribution < -0.4 is 15.4 Å². The first-order valence-corrected chi connectivity index (χ1v) is 8.39. The number of benzene rings is 2. The first kappa shape index (κ1) is 19.8. The zero-order valence-electron chi connectivity index (χ0n) is 14.8. The number of rotatable bonds is 7. The third-order valence-corrected chi connectivity index (χ3v) is 3.76. The van der Waals surface area contributed by atoms with Gasteiger partial charge in [0.1, 0.15) is 12.4 Å². The molecule has 0 saturated carbocycles. The zero-order chi connectivity index (χ0) is 19.1. The molecule has 0 spiro atoms. The van der Waals surface area contributed by atoms with Crippen LogP contribution in [0.1, 0.15) is 12.5 Å². The van der Waals surface area contributed by atoms with Crippen molar-refractivity contribution >= 4 is 34.8 Å². The Morgan fingerprint density at radius 1 is 1.12 bits per heavy atom. The summed E-state index contributed by atoms with van der Waals surface area (Å²) in [5.41, 5.74) is 2.08. The summed E-state index contributed by atoms with van der Waals surface area (Å²) in [7, 11) is 1.44. The van der Waals surface area contributed by atoms with Crippen molar-refractivity contribution in [3.63, 3.8) is 0 Å². The fourth-order valence-electron chi connectivity index (χ4n) is 2.19. The van der Waals surface area contributed by atoms with Crippen LogP contribution >= 0.6 is 11.6 Å². The Balaban J connectivity index is 2.00. The maximum Gasteiger partial charge on any atom is 0.265 e. The van der Waals surface area contributed by atoms with Gasteiger partial charge in [-0.25, -0.2) is 0 Å². The molecule has 7 heteroatoms. The van der Waals surface area contributed by atoms with Crippen LogP contribution in [0.5, 0.6) is 5.75 Å². The average Bonchev–Trinajstić information content (AvgIpc) is 2.58. The molecular formula is C19H21ClN2O4. The number of hydrogen-bond donors (Lipinski definition) is 2. The summed E-state index contributed by atoms with van der Waals surface area (Å²) >= 11 is 6.09. The van der Waals surface area contributed by atoms with E-state index in [2.05, 4.69) is 10.6 Å². The second kappa shape index (κ2) is 9.22. The first-order valence-electron chi connectivity index (χ1n) is 8.01. The highest BCUT2D eigenvalue weighted by Crippen LogP contribution is 2.26. The standard InChI is InChI=1S/C19H21ClN2O4/c1-12-7-8-16(20)17(9-12)26-13(2)19(24)22-15-6-4-5-14(10-15)21-18(23)11-25-3/h4-10,13H,11H2,1-3H3,(H,21,23)(H,22,24). The van der Waals surface area contributed by atoms with Gasteiger partial charge in [-0.3, -0.25) is 9.59 Å². The van der Waals surface area contributed by atoms with Crippen LogP contribution in [0.4, 0.5) is 11.4 Å². The summed E-state index contributed by atoms with van der Waals surface area (Å²) in [6, 6.07) is 12.2. The minimum Gasteiger partial charge on any atom is -0.479 e. The van der Waals surface area contributed by atoms with Gasteiger partial charge in [-0.1, -0.05) is 23.7 Å². The summed E-state index contributed by atoms with van der Waals surface area (Å²) in [5.74, 6) is -0.153. The van der Waals surface area contributed by atoms with E-state index < -0.39 is 6.10 Å². The maximum atomic E-state index is 12.4. The number of ether oxygens (including phenoxy) is 2. The molecule has 6 nitrogen and oxygen atoms in total. The fourth-order valence-corrected chi connectivity index (χ4v) is 2.35. The summed E-state index contributed by atoms with van der Waals surface area (Å²) in [6.07, 6.45) is -0.749. The van der Waals surface area contributed by atoms with Crippen LogP contribution in [0, 0.1) is 6.92 Å². The van der Waals surface area contributed by atoms with Crippen LogP contribution in [0.3, 0.4) is 0 Å². The number of methoxy groups -OCH3 is 1. The average molecular weight is 377 g/mol. The predicted molar refractivity (Wildman–Crippen MR) is 102 cm³/mol. The molecule has 2 N–H and O–H groups in total. The number of anilines is 2. The van der Waals surface area contributed by atoms with E-state index in [4.69, 9.17) is 21.1 Å². The van der Waals surface area contributed by atoms with E-state index in [0.29, 0.717) is 22.1 Å². The normalized spacial score (nSPS) is 11.5. The summed E-state index contributed by atoms with van der Waals surface area (Å²) < 4.78 is 10.4. The minimum absolute atomic E-state index is 0.0429. The van der Waals surface area contributed by atoms with Crippen LogP contribution in [0.15, 0.2) is 42.5 Å². The molecule has 0 radical (unpaired) electrons. The molecule has 0 aromatic heterocycles. The van der Waals surface area contributed by atoms with Gasteiger partial charge in [0, 0.05) is 18.5 Å². The topological polar surface area (TPSA) is 76.7 Å². The van der Waals surface area contributed by atoms with Gasteiger partial charge in [0.15, 0.2) is 6.10 Å². The number of aryl methyl sites for hydroxylation is 1. The van der Waals surface area contributed by atoms with Crippen molar-refractivity contribution in [3.05, 3.63) is 53.1 Å². The molecule has 2 amide bonds. The summed E-state index contributed by atoms with van der Waals surface area (Å²) in [5, 5.41) is 5.87. The monoisotopic (exact) mass is 376 g/mol. The van der Waals surface area contributed by atoms with Crippen molar-refractivity contribution in [2.45, 2.75) is 20.0 Å². The Bertz CT molecular complexity index is 795. The molecule has 0 fully saturated rings. The Morgan fingerprint density at radius 2 is 1.81 bits per heavy atom. The summed E-state index contributed by atoms with van der Waals surface area (Å²) in [4.78, 5) is 23.9. The van der Waals surface area contributed by atoms with Crippen molar-refractivity contribution in [1.29, 1.82) is 0 Å². The van der Waals surface area contributed by atoms with Gasteiger partial charge in [0.2, 0.25) is 5.91 Å². The van der Waals surface area contributed by atoms with Gasteiger partial charge in [-0.2, -0.15) is 0 Å². The number of halogens is 1. The van der Waals surface area contributed by atoms with E-state index >= 15 is 0 Å². The third-order valence-electron chi connectivity index (χ3n) is 3.45. The van der Waals surface area contributed by atoms with Gasteiger partial charge >= 0.3 is 0 Å². The van der Waals surface area contributed by atoms with Crippen molar-refractivity contribution in [1.82, 2.24) is 0 Å². The lowest BCUT2D eigenvalue weighted by atomic mass is 10.2. The molecule has 0 bridgehead atoms. The van der Waals surface area contributed by atoms with Crippen molar-refractivity contribution in [2.75, 3.05) is 24.4 Å². The Hall–Kier alpha value is -2.57. The van der Waals surface area contributed by atoms with E-state index in [0.717, 1.165) is 5.56 Å². The molecule has 1 unspecified atom stereocenters.